The molecule has 0 radical (unpaired) electrons. The monoisotopic (exact) mass is 399 g/mol. The third-order valence-corrected chi connectivity index (χ3v) is 6.19. The normalized spacial score (nSPS) is 23.4. The third kappa shape index (κ3) is 4.58. The largest absolute Gasteiger partial charge is 0.446 e. The summed E-state index contributed by atoms with van der Waals surface area (Å²) in [5.41, 5.74) is 2.32. The van der Waals surface area contributed by atoms with E-state index in [-0.39, 0.29) is 12.1 Å². The van der Waals surface area contributed by atoms with Crippen molar-refractivity contribution in [2.45, 2.75) is 76.6 Å². The van der Waals surface area contributed by atoms with Gasteiger partial charge in [-0.25, -0.2) is 4.79 Å². The number of aryl methyl sites for hydroxylation is 1. The zero-order valence-corrected chi connectivity index (χ0v) is 18.2. The van der Waals surface area contributed by atoms with Crippen LogP contribution in [0.5, 0.6) is 0 Å². The van der Waals surface area contributed by atoms with Crippen LogP contribution in [0.4, 0.5) is 10.5 Å². The smallest absolute Gasteiger partial charge is 0.411 e. The van der Waals surface area contributed by atoms with Crippen LogP contribution in [0.15, 0.2) is 18.2 Å². The Hall–Kier alpha value is -2.07. The second-order valence-corrected chi connectivity index (χ2v) is 9.58. The average Bonchev–Trinajstić information content (AvgIpc) is 3.02. The highest BCUT2D eigenvalue weighted by molar-refractivity contribution is 5.85. The quantitative estimate of drug-likeness (QED) is 0.743. The molecule has 1 unspecified atom stereocenters. The van der Waals surface area contributed by atoms with E-state index in [0.29, 0.717) is 19.4 Å². The molecule has 6 heteroatoms. The van der Waals surface area contributed by atoms with Crippen LogP contribution in [-0.2, 0) is 11.2 Å². The second-order valence-electron chi connectivity index (χ2n) is 9.58. The van der Waals surface area contributed by atoms with Crippen molar-refractivity contribution in [1.82, 2.24) is 9.96 Å². The van der Waals surface area contributed by atoms with Gasteiger partial charge >= 0.3 is 6.09 Å². The number of terminal acetylenes is 1. The van der Waals surface area contributed by atoms with Crippen molar-refractivity contribution in [2.75, 3.05) is 18.9 Å². The van der Waals surface area contributed by atoms with Gasteiger partial charge in [-0.1, -0.05) is 12.0 Å². The predicted molar refractivity (Wildman–Crippen MR) is 114 cm³/mol. The first kappa shape index (κ1) is 21.6. The van der Waals surface area contributed by atoms with E-state index < -0.39 is 17.2 Å². The number of hydrogen-bond donors (Lipinski definition) is 2. The molecule has 1 atom stereocenters. The van der Waals surface area contributed by atoms with Crippen LogP contribution in [-0.4, -0.2) is 52.0 Å². The van der Waals surface area contributed by atoms with E-state index in [1.165, 1.54) is 16.2 Å². The Bertz CT molecular complexity index is 794. The van der Waals surface area contributed by atoms with E-state index in [1.54, 1.807) is 0 Å². The number of carbonyl (C=O) groups is 1. The number of nitrogens with one attached hydrogen (secondary N) is 1. The van der Waals surface area contributed by atoms with Gasteiger partial charge in [-0.05, 0) is 70.8 Å². The van der Waals surface area contributed by atoms with E-state index in [4.69, 9.17) is 11.2 Å². The maximum absolute atomic E-state index is 12.6. The van der Waals surface area contributed by atoms with Gasteiger partial charge in [0.05, 0.1) is 6.54 Å². The maximum atomic E-state index is 12.6. The molecule has 6 nitrogen and oxygen atoms in total. The molecule has 1 aliphatic carbocycles. The highest BCUT2D eigenvalue weighted by Crippen LogP contribution is 2.39. The van der Waals surface area contributed by atoms with E-state index in [2.05, 4.69) is 22.2 Å². The number of ether oxygens (including phenoxy) is 1. The summed E-state index contributed by atoms with van der Waals surface area (Å²) >= 11 is 0. The lowest BCUT2D eigenvalue weighted by atomic mass is 9.80. The Labute approximate surface area is 174 Å². The Kier molecular flexibility index (Phi) is 5.96. The van der Waals surface area contributed by atoms with Gasteiger partial charge in [0.1, 0.15) is 6.10 Å². The van der Waals surface area contributed by atoms with Crippen molar-refractivity contribution in [3.8, 4) is 12.3 Å². The Morgan fingerprint density at radius 1 is 1.34 bits per heavy atom. The number of anilines is 1. The predicted octanol–water partition coefficient (Wildman–Crippen LogP) is 4.20. The lowest BCUT2D eigenvalue weighted by Gasteiger charge is -2.50. The third-order valence-electron chi connectivity index (χ3n) is 6.19. The van der Waals surface area contributed by atoms with Crippen LogP contribution in [0, 0.1) is 12.3 Å². The summed E-state index contributed by atoms with van der Waals surface area (Å²) in [6, 6.07) is 6.30. The Balaban J connectivity index is 1.66. The van der Waals surface area contributed by atoms with Crippen molar-refractivity contribution >= 4 is 11.8 Å². The van der Waals surface area contributed by atoms with Gasteiger partial charge in [0, 0.05) is 35.6 Å². The number of hydroxylamine groups is 2. The highest BCUT2D eigenvalue weighted by atomic mass is 16.6. The summed E-state index contributed by atoms with van der Waals surface area (Å²) in [4.78, 5) is 14.7. The summed E-state index contributed by atoms with van der Waals surface area (Å²) in [7, 11) is 2.03. The number of amides is 1. The van der Waals surface area contributed by atoms with Crippen LogP contribution < -0.4 is 5.32 Å². The summed E-state index contributed by atoms with van der Waals surface area (Å²) < 4.78 is 5.72. The van der Waals surface area contributed by atoms with Crippen LogP contribution in [0.2, 0.25) is 0 Å². The lowest BCUT2D eigenvalue weighted by Crippen LogP contribution is -2.60. The fourth-order valence-corrected chi connectivity index (χ4v) is 4.93. The minimum Gasteiger partial charge on any atom is -0.446 e. The van der Waals surface area contributed by atoms with Crippen molar-refractivity contribution in [3.63, 3.8) is 0 Å². The highest BCUT2D eigenvalue weighted by Gasteiger charge is 2.46. The fraction of sp³-hybridized carbons (Fsp3) is 0.609. The van der Waals surface area contributed by atoms with E-state index in [0.717, 1.165) is 18.5 Å². The number of benzene rings is 1. The molecular formula is C23H33N3O3. The van der Waals surface area contributed by atoms with Gasteiger partial charge in [-0.3, -0.25) is 10.2 Å². The SMILES string of the molecule is C#CCN(C)C1CCc2ccc(NC(=O)OC3CC(C)(C)N(O)C(C)(C)C3)cc21. The molecule has 0 aromatic heterocycles. The van der Waals surface area contributed by atoms with Gasteiger partial charge in [-0.15, -0.1) is 6.42 Å². The second kappa shape index (κ2) is 7.98. The van der Waals surface area contributed by atoms with Gasteiger partial charge in [0.15, 0.2) is 0 Å². The molecular weight excluding hydrogens is 366 g/mol. The van der Waals surface area contributed by atoms with Gasteiger partial charge in [0.2, 0.25) is 0 Å². The molecule has 0 bridgehead atoms. The lowest BCUT2D eigenvalue weighted by molar-refractivity contribution is -0.256. The molecule has 1 aliphatic heterocycles. The average molecular weight is 400 g/mol. The van der Waals surface area contributed by atoms with Crippen molar-refractivity contribution in [3.05, 3.63) is 29.3 Å². The standard InChI is InChI=1S/C23H33N3O3/c1-7-12-25(6)20-11-9-16-8-10-17(13-19(16)20)24-21(27)29-18-14-22(2,3)26(28)23(4,5)15-18/h1,8,10,13,18,20,28H,9,11-12,14-15H2,2-6H3,(H,24,27). The first-order valence-corrected chi connectivity index (χ1v) is 10.3. The first-order valence-electron chi connectivity index (χ1n) is 10.3. The molecule has 0 saturated carbocycles. The molecule has 2 aliphatic rings. The molecule has 29 heavy (non-hydrogen) atoms. The molecule has 0 spiro atoms. The van der Waals surface area contributed by atoms with Crippen molar-refractivity contribution in [1.29, 1.82) is 0 Å². The van der Waals surface area contributed by atoms with Crippen LogP contribution in [0.1, 0.15) is 64.1 Å². The van der Waals surface area contributed by atoms with E-state index in [9.17, 15) is 10.0 Å². The van der Waals surface area contributed by atoms with Crippen LogP contribution in [0.3, 0.4) is 0 Å². The molecule has 1 amide bonds. The van der Waals surface area contributed by atoms with Crippen LogP contribution >= 0.6 is 0 Å². The minimum absolute atomic E-state index is 0.257. The minimum atomic E-state index is -0.463. The first-order chi connectivity index (χ1) is 13.5. The summed E-state index contributed by atoms with van der Waals surface area (Å²) in [6.07, 6.45) is 7.94. The van der Waals surface area contributed by atoms with Crippen molar-refractivity contribution < 1.29 is 14.7 Å². The van der Waals surface area contributed by atoms with Gasteiger partial charge in [0.25, 0.3) is 0 Å². The Morgan fingerprint density at radius 3 is 2.62 bits per heavy atom. The number of carbonyl (C=O) groups excluding carboxylic acids is 1. The van der Waals surface area contributed by atoms with E-state index in [1.807, 2.05) is 46.9 Å². The molecule has 3 rings (SSSR count). The number of hydrogen-bond acceptors (Lipinski definition) is 5. The summed E-state index contributed by atoms with van der Waals surface area (Å²) in [5, 5.41) is 14.7. The number of rotatable bonds is 4. The summed E-state index contributed by atoms with van der Waals surface area (Å²) in [6.45, 7) is 8.41. The summed E-state index contributed by atoms with van der Waals surface area (Å²) in [5.74, 6) is 2.70. The molecule has 1 aromatic carbocycles. The van der Waals surface area contributed by atoms with Crippen LogP contribution in [0.25, 0.3) is 0 Å². The molecule has 1 fully saturated rings. The zero-order chi connectivity index (χ0) is 21.4. The van der Waals surface area contributed by atoms with Gasteiger partial charge < -0.3 is 9.94 Å². The van der Waals surface area contributed by atoms with E-state index >= 15 is 0 Å². The number of nitrogens with zero attached hydrogens (tertiary/aromatic N) is 2. The molecule has 2 N–H and O–H groups in total. The Morgan fingerprint density at radius 2 is 2.00 bits per heavy atom. The van der Waals surface area contributed by atoms with Gasteiger partial charge in [-0.2, -0.15) is 5.06 Å². The number of fused-ring (bicyclic) bond motifs is 1. The molecule has 1 aromatic rings. The zero-order valence-electron chi connectivity index (χ0n) is 18.2. The molecule has 158 valence electrons. The molecule has 1 heterocycles. The number of piperidine rings is 1. The fourth-order valence-electron chi connectivity index (χ4n) is 4.93. The molecule has 1 saturated heterocycles. The maximum Gasteiger partial charge on any atom is 0.411 e. The topological polar surface area (TPSA) is 65.0 Å². The van der Waals surface area contributed by atoms with Crippen molar-refractivity contribution in [2.24, 2.45) is 0 Å².